The molecule has 0 radical (unpaired) electrons. The highest BCUT2D eigenvalue weighted by Crippen LogP contribution is 2.28. The van der Waals surface area contributed by atoms with Gasteiger partial charge in [-0.05, 0) is 19.9 Å². The molecule has 1 N–H and O–H groups in total. The van der Waals surface area contributed by atoms with Crippen LogP contribution in [0, 0.1) is 31.3 Å². The Morgan fingerprint density at radius 1 is 1.12 bits per heavy atom. The second-order valence-electron chi connectivity index (χ2n) is 5.49. The highest BCUT2D eigenvalue weighted by molar-refractivity contribution is 6.05. The van der Waals surface area contributed by atoms with Crippen molar-refractivity contribution in [2.75, 3.05) is 31.4 Å². The number of rotatable bonds is 4. The molecule has 0 bridgehead atoms. The third kappa shape index (κ3) is 3.49. The van der Waals surface area contributed by atoms with Crippen LogP contribution in [0.1, 0.15) is 21.7 Å². The van der Waals surface area contributed by atoms with Crippen LogP contribution in [-0.2, 0) is 0 Å². The molecule has 0 saturated heterocycles. The van der Waals surface area contributed by atoms with Gasteiger partial charge in [0.25, 0.3) is 5.91 Å². The number of methoxy groups -OCH3 is 1. The smallest absolute Gasteiger partial charge is 0.258 e. The minimum absolute atomic E-state index is 0.263. The zero-order chi connectivity index (χ0) is 18.9. The summed E-state index contributed by atoms with van der Waals surface area (Å²) >= 11 is 0. The SMILES string of the molecule is COc1c(F)c(F)cc(C(=O)Nc2c(C)nc(N(C)C)nc2C)c1F. The standard InChI is InChI=1S/C16H17F3N4O2/c1-7-13(8(2)21-16(20-7)23(3)4)22-15(24)9-6-10(17)12(19)14(25-5)11(9)18/h6H,1-5H3,(H,22,24). The first-order chi connectivity index (χ1) is 11.7. The minimum Gasteiger partial charge on any atom is -0.491 e. The van der Waals surface area contributed by atoms with Crippen molar-refractivity contribution in [3.05, 3.63) is 40.5 Å². The average Bonchev–Trinajstić information content (AvgIpc) is 2.54. The van der Waals surface area contributed by atoms with Gasteiger partial charge in [-0.1, -0.05) is 0 Å². The largest absolute Gasteiger partial charge is 0.491 e. The number of aromatic nitrogens is 2. The number of hydrogen-bond donors (Lipinski definition) is 1. The number of carbonyl (C=O) groups is 1. The Morgan fingerprint density at radius 3 is 2.16 bits per heavy atom. The van der Waals surface area contributed by atoms with E-state index < -0.39 is 34.7 Å². The number of aryl methyl sites for hydroxylation is 2. The molecule has 0 atom stereocenters. The highest BCUT2D eigenvalue weighted by atomic mass is 19.2. The summed E-state index contributed by atoms with van der Waals surface area (Å²) in [5.74, 6) is -5.67. The average molecular weight is 354 g/mol. The van der Waals surface area contributed by atoms with Crippen LogP contribution < -0.4 is 15.0 Å². The monoisotopic (exact) mass is 354 g/mol. The van der Waals surface area contributed by atoms with Crippen molar-refractivity contribution >= 4 is 17.5 Å². The van der Waals surface area contributed by atoms with E-state index in [0.29, 0.717) is 23.4 Å². The van der Waals surface area contributed by atoms with Gasteiger partial charge in [0.2, 0.25) is 11.8 Å². The normalized spacial score (nSPS) is 10.6. The van der Waals surface area contributed by atoms with E-state index >= 15 is 0 Å². The van der Waals surface area contributed by atoms with Crippen LogP contribution in [0.2, 0.25) is 0 Å². The number of anilines is 2. The maximum atomic E-state index is 14.2. The molecule has 2 rings (SSSR count). The molecule has 9 heteroatoms. The van der Waals surface area contributed by atoms with Gasteiger partial charge in [0, 0.05) is 14.1 Å². The molecule has 25 heavy (non-hydrogen) atoms. The van der Waals surface area contributed by atoms with E-state index in [9.17, 15) is 18.0 Å². The zero-order valence-electron chi connectivity index (χ0n) is 14.4. The molecule has 1 aromatic carbocycles. The van der Waals surface area contributed by atoms with Crippen molar-refractivity contribution in [2.24, 2.45) is 0 Å². The second kappa shape index (κ2) is 6.96. The lowest BCUT2D eigenvalue weighted by atomic mass is 10.1. The van der Waals surface area contributed by atoms with E-state index in [2.05, 4.69) is 20.0 Å². The summed E-state index contributed by atoms with van der Waals surface area (Å²) in [6.45, 7) is 3.28. The maximum Gasteiger partial charge on any atom is 0.258 e. The molecule has 0 aliphatic carbocycles. The van der Waals surface area contributed by atoms with Crippen molar-refractivity contribution in [1.82, 2.24) is 9.97 Å². The minimum atomic E-state index is -1.50. The second-order valence-corrected chi connectivity index (χ2v) is 5.49. The number of benzene rings is 1. The topological polar surface area (TPSA) is 67.3 Å². The highest BCUT2D eigenvalue weighted by Gasteiger charge is 2.24. The lowest BCUT2D eigenvalue weighted by molar-refractivity contribution is 0.102. The molecule has 2 aromatic rings. The van der Waals surface area contributed by atoms with Crippen LogP contribution in [0.5, 0.6) is 5.75 Å². The van der Waals surface area contributed by atoms with Gasteiger partial charge in [0.15, 0.2) is 17.4 Å². The summed E-state index contributed by atoms with van der Waals surface area (Å²) in [5.41, 5.74) is 0.462. The molecular formula is C16H17F3N4O2. The van der Waals surface area contributed by atoms with Gasteiger partial charge >= 0.3 is 0 Å². The third-order valence-corrected chi connectivity index (χ3v) is 3.46. The summed E-state index contributed by atoms with van der Waals surface area (Å²) in [7, 11) is 4.50. The number of amides is 1. The molecule has 0 fully saturated rings. The lowest BCUT2D eigenvalue weighted by Crippen LogP contribution is -2.20. The number of nitrogens with zero attached hydrogens (tertiary/aromatic N) is 3. The van der Waals surface area contributed by atoms with Crippen molar-refractivity contribution in [2.45, 2.75) is 13.8 Å². The first kappa shape index (κ1) is 18.5. The number of halogens is 3. The van der Waals surface area contributed by atoms with Crippen molar-refractivity contribution < 1.29 is 22.7 Å². The van der Waals surface area contributed by atoms with Crippen LogP contribution in [0.25, 0.3) is 0 Å². The molecule has 0 aliphatic rings. The van der Waals surface area contributed by atoms with E-state index in [-0.39, 0.29) is 5.69 Å². The molecule has 0 unspecified atom stereocenters. The lowest BCUT2D eigenvalue weighted by Gasteiger charge is -2.16. The first-order valence-electron chi connectivity index (χ1n) is 7.22. The zero-order valence-corrected chi connectivity index (χ0v) is 14.4. The van der Waals surface area contributed by atoms with E-state index in [1.165, 1.54) is 0 Å². The van der Waals surface area contributed by atoms with E-state index in [4.69, 9.17) is 0 Å². The molecule has 0 saturated carbocycles. The van der Waals surface area contributed by atoms with Gasteiger partial charge in [-0.3, -0.25) is 4.79 Å². The Labute approximate surface area is 142 Å². The Hall–Kier alpha value is -2.84. The van der Waals surface area contributed by atoms with Gasteiger partial charge in [-0.15, -0.1) is 0 Å². The van der Waals surface area contributed by atoms with Crippen LogP contribution in [0.3, 0.4) is 0 Å². The predicted octanol–water partition coefficient (Wildman–Crippen LogP) is 2.84. The summed E-state index contributed by atoms with van der Waals surface area (Å²) in [6, 6.07) is 0.474. The molecule has 6 nitrogen and oxygen atoms in total. The summed E-state index contributed by atoms with van der Waals surface area (Å²) in [5, 5.41) is 2.43. The predicted molar refractivity (Wildman–Crippen MR) is 86.7 cm³/mol. The van der Waals surface area contributed by atoms with E-state index in [1.54, 1.807) is 32.8 Å². The molecule has 1 aromatic heterocycles. The summed E-state index contributed by atoms with van der Waals surface area (Å²) in [6.07, 6.45) is 0. The molecule has 1 amide bonds. The van der Waals surface area contributed by atoms with E-state index in [0.717, 1.165) is 7.11 Å². The van der Waals surface area contributed by atoms with Crippen LogP contribution >= 0.6 is 0 Å². The molecular weight excluding hydrogens is 337 g/mol. The van der Waals surface area contributed by atoms with Gasteiger partial charge in [-0.25, -0.2) is 18.7 Å². The number of hydrogen-bond acceptors (Lipinski definition) is 5. The number of carbonyl (C=O) groups excluding carboxylic acids is 1. The third-order valence-electron chi connectivity index (χ3n) is 3.46. The molecule has 1 heterocycles. The Kier molecular flexibility index (Phi) is 5.15. The van der Waals surface area contributed by atoms with Gasteiger partial charge in [-0.2, -0.15) is 4.39 Å². The van der Waals surface area contributed by atoms with Crippen molar-refractivity contribution in [1.29, 1.82) is 0 Å². The van der Waals surface area contributed by atoms with Gasteiger partial charge in [0.05, 0.1) is 29.7 Å². The van der Waals surface area contributed by atoms with Crippen molar-refractivity contribution in [3.8, 4) is 5.75 Å². The molecule has 134 valence electrons. The van der Waals surface area contributed by atoms with Crippen LogP contribution in [0.15, 0.2) is 6.07 Å². The van der Waals surface area contributed by atoms with Crippen molar-refractivity contribution in [3.63, 3.8) is 0 Å². The molecule has 0 aliphatic heterocycles. The quantitative estimate of drug-likeness (QED) is 0.855. The number of nitrogens with one attached hydrogen (secondary N) is 1. The maximum absolute atomic E-state index is 14.2. The van der Waals surface area contributed by atoms with Crippen LogP contribution in [0.4, 0.5) is 24.8 Å². The first-order valence-corrected chi connectivity index (χ1v) is 7.22. The van der Waals surface area contributed by atoms with E-state index in [1.807, 2.05) is 0 Å². The van der Waals surface area contributed by atoms with Gasteiger partial charge in [0.1, 0.15) is 0 Å². The van der Waals surface area contributed by atoms with Gasteiger partial charge < -0.3 is 15.0 Å². The summed E-state index contributed by atoms with van der Waals surface area (Å²) in [4.78, 5) is 22.4. The fourth-order valence-corrected chi connectivity index (χ4v) is 2.19. The van der Waals surface area contributed by atoms with Crippen LogP contribution in [-0.4, -0.2) is 37.1 Å². The Morgan fingerprint density at radius 2 is 1.68 bits per heavy atom. The summed E-state index contributed by atoms with van der Waals surface area (Å²) < 4.78 is 45.8. The fourth-order valence-electron chi connectivity index (χ4n) is 2.19. The fraction of sp³-hybridized carbons (Fsp3) is 0.312. The number of ether oxygens (including phenoxy) is 1. The molecule has 0 spiro atoms. The Balaban J connectivity index is 2.43. The Bertz CT molecular complexity index is 818.